The van der Waals surface area contributed by atoms with Crippen LogP contribution in [0, 0.1) is 6.92 Å². The quantitative estimate of drug-likeness (QED) is 0.676. The minimum absolute atomic E-state index is 0.202. The maximum Gasteiger partial charge on any atom is 0.270 e. The summed E-state index contributed by atoms with van der Waals surface area (Å²) in [6, 6.07) is 18.5. The van der Waals surface area contributed by atoms with Crippen LogP contribution in [-0.4, -0.2) is 30.9 Å². The molecule has 0 bridgehead atoms. The number of rotatable bonds is 6. The van der Waals surface area contributed by atoms with Gasteiger partial charge in [-0.15, -0.1) is 0 Å². The van der Waals surface area contributed by atoms with Gasteiger partial charge in [-0.25, -0.2) is 0 Å². The highest BCUT2D eigenvalue weighted by Gasteiger charge is 2.12. The molecule has 2 aromatic carbocycles. The number of nitrogens with one attached hydrogen (secondary N) is 2. The van der Waals surface area contributed by atoms with Crippen LogP contribution in [0.2, 0.25) is 0 Å². The van der Waals surface area contributed by atoms with Crippen molar-refractivity contribution in [2.75, 3.05) is 24.3 Å². The molecular weight excluding hydrogens is 364 g/mol. The van der Waals surface area contributed by atoms with E-state index in [0.717, 1.165) is 16.8 Å². The molecule has 3 rings (SSSR count). The molecule has 0 saturated carbocycles. The molecule has 1 heterocycles. The Hall–Kier alpha value is -3.67. The van der Waals surface area contributed by atoms with Crippen molar-refractivity contribution in [3.8, 4) is 0 Å². The summed E-state index contributed by atoms with van der Waals surface area (Å²) in [5, 5.41) is 5.67. The minimum atomic E-state index is -0.324. The molecule has 0 radical (unpaired) electrons. The van der Waals surface area contributed by atoms with E-state index in [0.29, 0.717) is 17.8 Å². The molecule has 0 aliphatic heterocycles. The summed E-state index contributed by atoms with van der Waals surface area (Å²) in [5.74, 6) is -0.617. The average molecular weight is 388 g/mol. The second-order valence-electron chi connectivity index (χ2n) is 6.99. The van der Waals surface area contributed by atoms with Gasteiger partial charge in [0.25, 0.3) is 11.8 Å². The first-order chi connectivity index (χ1) is 13.9. The van der Waals surface area contributed by atoms with Crippen LogP contribution in [0.4, 0.5) is 11.4 Å². The standard InChI is InChI=1S/C23H24N4O2/c1-16-4-6-17(7-5-16)15-25-23(29)21-14-18(12-13-24-21)22(28)26-19-8-10-20(11-9-19)27(2)3/h4-14H,15H2,1-3H3,(H,25,29)(H,26,28). The largest absolute Gasteiger partial charge is 0.378 e. The van der Waals surface area contributed by atoms with Gasteiger partial charge in [0.1, 0.15) is 5.69 Å². The van der Waals surface area contributed by atoms with Gasteiger partial charge in [-0.3, -0.25) is 14.6 Å². The molecule has 0 atom stereocenters. The fourth-order valence-electron chi connectivity index (χ4n) is 2.72. The summed E-state index contributed by atoms with van der Waals surface area (Å²) in [6.07, 6.45) is 1.46. The van der Waals surface area contributed by atoms with Crippen molar-refractivity contribution in [2.45, 2.75) is 13.5 Å². The Morgan fingerprint density at radius 2 is 1.62 bits per heavy atom. The molecule has 2 N–H and O–H groups in total. The first-order valence-corrected chi connectivity index (χ1v) is 9.31. The number of carbonyl (C=O) groups excluding carboxylic acids is 2. The molecule has 1 aromatic heterocycles. The zero-order chi connectivity index (χ0) is 20.8. The number of pyridine rings is 1. The molecule has 0 unspecified atom stereocenters. The molecule has 0 fully saturated rings. The summed E-state index contributed by atoms with van der Waals surface area (Å²) in [4.78, 5) is 31.0. The number of aromatic nitrogens is 1. The zero-order valence-corrected chi connectivity index (χ0v) is 16.8. The van der Waals surface area contributed by atoms with Gasteiger partial charge < -0.3 is 15.5 Å². The molecule has 29 heavy (non-hydrogen) atoms. The Balaban J connectivity index is 1.63. The van der Waals surface area contributed by atoms with Crippen LogP contribution >= 0.6 is 0 Å². The first-order valence-electron chi connectivity index (χ1n) is 9.31. The lowest BCUT2D eigenvalue weighted by atomic mass is 10.1. The van der Waals surface area contributed by atoms with E-state index < -0.39 is 0 Å². The monoisotopic (exact) mass is 388 g/mol. The number of carbonyl (C=O) groups is 2. The van der Waals surface area contributed by atoms with E-state index in [1.165, 1.54) is 12.3 Å². The van der Waals surface area contributed by atoms with E-state index in [9.17, 15) is 9.59 Å². The highest BCUT2D eigenvalue weighted by atomic mass is 16.2. The average Bonchev–Trinajstić information content (AvgIpc) is 2.73. The molecule has 0 aliphatic carbocycles. The maximum atomic E-state index is 12.5. The number of aryl methyl sites for hydroxylation is 1. The highest BCUT2D eigenvalue weighted by Crippen LogP contribution is 2.16. The summed E-state index contributed by atoms with van der Waals surface area (Å²) in [7, 11) is 3.91. The molecular formula is C23H24N4O2. The molecule has 6 nitrogen and oxygen atoms in total. The summed E-state index contributed by atoms with van der Waals surface area (Å²) < 4.78 is 0. The van der Waals surface area contributed by atoms with Crippen molar-refractivity contribution in [1.82, 2.24) is 10.3 Å². The van der Waals surface area contributed by atoms with Gasteiger partial charge in [0.2, 0.25) is 0 Å². The number of amides is 2. The van der Waals surface area contributed by atoms with Crippen molar-refractivity contribution < 1.29 is 9.59 Å². The molecule has 0 aliphatic rings. The van der Waals surface area contributed by atoms with E-state index in [4.69, 9.17) is 0 Å². The van der Waals surface area contributed by atoms with Gasteiger partial charge in [-0.05, 0) is 48.9 Å². The lowest BCUT2D eigenvalue weighted by Crippen LogP contribution is -2.24. The van der Waals surface area contributed by atoms with Gasteiger partial charge >= 0.3 is 0 Å². The van der Waals surface area contributed by atoms with Crippen LogP contribution in [0.5, 0.6) is 0 Å². The van der Waals surface area contributed by atoms with Crippen molar-refractivity contribution in [1.29, 1.82) is 0 Å². The number of anilines is 2. The van der Waals surface area contributed by atoms with Gasteiger partial charge in [0, 0.05) is 43.8 Å². The topological polar surface area (TPSA) is 74.3 Å². The second kappa shape index (κ2) is 9.01. The minimum Gasteiger partial charge on any atom is -0.378 e. The number of hydrogen-bond acceptors (Lipinski definition) is 4. The van der Waals surface area contributed by atoms with Crippen molar-refractivity contribution in [3.05, 3.63) is 89.2 Å². The summed E-state index contributed by atoms with van der Waals surface area (Å²) >= 11 is 0. The van der Waals surface area contributed by atoms with Crippen LogP contribution in [-0.2, 0) is 6.54 Å². The van der Waals surface area contributed by atoms with Crippen LogP contribution < -0.4 is 15.5 Å². The predicted octanol–water partition coefficient (Wildman–Crippen LogP) is 3.64. The fraction of sp³-hybridized carbons (Fsp3) is 0.174. The van der Waals surface area contributed by atoms with Crippen molar-refractivity contribution in [2.24, 2.45) is 0 Å². The Labute approximate surface area is 170 Å². The third-order valence-corrected chi connectivity index (χ3v) is 4.47. The zero-order valence-electron chi connectivity index (χ0n) is 16.8. The van der Waals surface area contributed by atoms with Crippen molar-refractivity contribution >= 4 is 23.2 Å². The maximum absolute atomic E-state index is 12.5. The Morgan fingerprint density at radius 1 is 0.931 bits per heavy atom. The molecule has 2 amide bonds. The highest BCUT2D eigenvalue weighted by molar-refractivity contribution is 6.05. The first kappa shape index (κ1) is 20.1. The van der Waals surface area contributed by atoms with E-state index in [2.05, 4.69) is 15.6 Å². The van der Waals surface area contributed by atoms with Crippen molar-refractivity contribution in [3.63, 3.8) is 0 Å². The van der Waals surface area contributed by atoms with E-state index in [-0.39, 0.29) is 17.5 Å². The lowest BCUT2D eigenvalue weighted by Gasteiger charge is -2.13. The van der Waals surface area contributed by atoms with Crippen LogP contribution in [0.15, 0.2) is 66.9 Å². The van der Waals surface area contributed by atoms with Gasteiger partial charge in [0.05, 0.1) is 0 Å². The lowest BCUT2D eigenvalue weighted by molar-refractivity contribution is 0.0946. The normalized spacial score (nSPS) is 10.3. The molecule has 0 spiro atoms. The third-order valence-electron chi connectivity index (χ3n) is 4.47. The van der Waals surface area contributed by atoms with Gasteiger partial charge in [-0.2, -0.15) is 0 Å². The van der Waals surface area contributed by atoms with Crippen LogP contribution in [0.1, 0.15) is 32.0 Å². The predicted molar refractivity (Wildman–Crippen MR) is 115 cm³/mol. The summed E-state index contributed by atoms with van der Waals surface area (Å²) in [5.41, 5.74) is 4.46. The van der Waals surface area contributed by atoms with Crippen LogP contribution in [0.25, 0.3) is 0 Å². The number of hydrogen-bond donors (Lipinski definition) is 2. The number of benzene rings is 2. The second-order valence-corrected chi connectivity index (χ2v) is 6.99. The Bertz CT molecular complexity index is 996. The molecule has 6 heteroatoms. The smallest absolute Gasteiger partial charge is 0.270 e. The van der Waals surface area contributed by atoms with E-state index in [1.54, 1.807) is 6.07 Å². The Morgan fingerprint density at radius 3 is 2.28 bits per heavy atom. The molecule has 3 aromatic rings. The van der Waals surface area contributed by atoms with E-state index >= 15 is 0 Å². The SMILES string of the molecule is Cc1ccc(CNC(=O)c2cc(C(=O)Nc3ccc(N(C)C)cc3)ccn2)cc1. The fourth-order valence-corrected chi connectivity index (χ4v) is 2.72. The molecule has 148 valence electrons. The number of nitrogens with zero attached hydrogens (tertiary/aromatic N) is 2. The van der Waals surface area contributed by atoms with Crippen LogP contribution in [0.3, 0.4) is 0 Å². The molecule has 0 saturated heterocycles. The van der Waals surface area contributed by atoms with Gasteiger partial charge in [-0.1, -0.05) is 29.8 Å². The Kier molecular flexibility index (Phi) is 6.24. The van der Waals surface area contributed by atoms with E-state index in [1.807, 2.05) is 74.4 Å². The summed E-state index contributed by atoms with van der Waals surface area (Å²) in [6.45, 7) is 2.41. The van der Waals surface area contributed by atoms with Gasteiger partial charge in [0.15, 0.2) is 0 Å². The third kappa shape index (κ3) is 5.42.